The molecule has 2 aromatic rings. The Morgan fingerprint density at radius 3 is 2.52 bits per heavy atom. The van der Waals surface area contributed by atoms with E-state index in [1.165, 1.54) is 40.7 Å². The first-order valence-electron chi connectivity index (χ1n) is 8.64. The number of carbonyl (C=O) groups is 1. The molecule has 0 radical (unpaired) electrons. The number of sulfonamides is 1. The van der Waals surface area contributed by atoms with E-state index >= 15 is 0 Å². The molecule has 1 amide bonds. The van der Waals surface area contributed by atoms with Crippen molar-refractivity contribution in [2.75, 3.05) is 18.4 Å². The number of rotatable bonds is 4. The molecular formula is C19H20F2N2O3S. The van der Waals surface area contributed by atoms with E-state index in [1.54, 1.807) is 0 Å². The molecule has 1 fully saturated rings. The van der Waals surface area contributed by atoms with E-state index in [2.05, 4.69) is 5.32 Å². The molecule has 27 heavy (non-hydrogen) atoms. The van der Waals surface area contributed by atoms with Gasteiger partial charge in [-0.25, -0.2) is 17.2 Å². The van der Waals surface area contributed by atoms with Gasteiger partial charge in [0, 0.05) is 18.8 Å². The normalized spacial score (nSPS) is 18.3. The summed E-state index contributed by atoms with van der Waals surface area (Å²) in [6, 6.07) is 8.98. The lowest BCUT2D eigenvalue weighted by Gasteiger charge is -2.30. The number of halogens is 2. The minimum Gasteiger partial charge on any atom is -0.322 e. The van der Waals surface area contributed by atoms with E-state index in [9.17, 15) is 22.0 Å². The van der Waals surface area contributed by atoms with Gasteiger partial charge in [-0.1, -0.05) is 13.0 Å². The SMILES string of the molecule is CC1CCCN(S(=O)(=O)c2ccc(NC(=O)c3cccc(F)c3F)cc2)C1. The predicted octanol–water partition coefficient (Wildman–Crippen LogP) is 3.64. The highest BCUT2D eigenvalue weighted by molar-refractivity contribution is 7.89. The van der Waals surface area contributed by atoms with Gasteiger partial charge in [-0.2, -0.15) is 4.31 Å². The minimum absolute atomic E-state index is 0.131. The second kappa shape index (κ2) is 7.74. The fourth-order valence-electron chi connectivity index (χ4n) is 3.10. The Labute approximate surface area is 157 Å². The zero-order chi connectivity index (χ0) is 19.6. The van der Waals surface area contributed by atoms with Gasteiger partial charge in [0.25, 0.3) is 5.91 Å². The van der Waals surface area contributed by atoms with E-state index < -0.39 is 33.1 Å². The van der Waals surface area contributed by atoms with Gasteiger partial charge in [0.1, 0.15) is 0 Å². The second-order valence-corrected chi connectivity index (χ2v) is 8.63. The molecule has 5 nitrogen and oxygen atoms in total. The average molecular weight is 394 g/mol. The van der Waals surface area contributed by atoms with Crippen molar-refractivity contribution in [1.29, 1.82) is 0 Å². The van der Waals surface area contributed by atoms with Crippen LogP contribution < -0.4 is 5.32 Å². The highest BCUT2D eigenvalue weighted by Crippen LogP contribution is 2.24. The molecule has 0 saturated carbocycles. The lowest BCUT2D eigenvalue weighted by atomic mass is 10.0. The molecule has 3 rings (SSSR count). The van der Waals surface area contributed by atoms with Crippen molar-refractivity contribution in [3.05, 3.63) is 59.7 Å². The van der Waals surface area contributed by atoms with Crippen molar-refractivity contribution in [2.45, 2.75) is 24.7 Å². The number of carbonyl (C=O) groups excluding carboxylic acids is 1. The Hall–Kier alpha value is -2.32. The summed E-state index contributed by atoms with van der Waals surface area (Å²) in [6.07, 6.45) is 1.83. The van der Waals surface area contributed by atoms with E-state index in [4.69, 9.17) is 0 Å². The minimum atomic E-state index is -3.59. The maximum Gasteiger partial charge on any atom is 0.258 e. The summed E-state index contributed by atoms with van der Waals surface area (Å²) >= 11 is 0. The molecule has 1 unspecified atom stereocenters. The molecule has 0 aromatic heterocycles. The van der Waals surface area contributed by atoms with E-state index in [0.717, 1.165) is 18.9 Å². The van der Waals surface area contributed by atoms with Crippen molar-refractivity contribution in [3.8, 4) is 0 Å². The number of benzene rings is 2. The third-order valence-electron chi connectivity index (χ3n) is 4.57. The Balaban J connectivity index is 1.75. The number of hydrogen-bond acceptors (Lipinski definition) is 3. The average Bonchev–Trinajstić information content (AvgIpc) is 2.64. The second-order valence-electron chi connectivity index (χ2n) is 6.69. The summed E-state index contributed by atoms with van der Waals surface area (Å²) in [4.78, 5) is 12.2. The van der Waals surface area contributed by atoms with E-state index in [1.807, 2.05) is 6.92 Å². The Kier molecular flexibility index (Phi) is 5.57. The molecular weight excluding hydrogens is 374 g/mol. The van der Waals surface area contributed by atoms with Crippen molar-refractivity contribution in [2.24, 2.45) is 5.92 Å². The predicted molar refractivity (Wildman–Crippen MR) is 97.9 cm³/mol. The molecule has 1 N–H and O–H groups in total. The molecule has 1 aliphatic rings. The third kappa shape index (κ3) is 4.17. The number of amides is 1. The van der Waals surface area contributed by atoms with Crippen LogP contribution in [0.25, 0.3) is 0 Å². The van der Waals surface area contributed by atoms with Gasteiger partial charge in [0.15, 0.2) is 11.6 Å². The molecule has 1 heterocycles. The summed E-state index contributed by atoms with van der Waals surface area (Å²) in [5.74, 6) is -2.84. The number of anilines is 1. The topological polar surface area (TPSA) is 66.5 Å². The summed E-state index contributed by atoms with van der Waals surface area (Å²) in [7, 11) is -3.59. The van der Waals surface area contributed by atoms with Gasteiger partial charge >= 0.3 is 0 Å². The lowest BCUT2D eigenvalue weighted by Crippen LogP contribution is -2.39. The molecule has 1 saturated heterocycles. The van der Waals surface area contributed by atoms with Crippen LogP contribution in [0.2, 0.25) is 0 Å². The van der Waals surface area contributed by atoms with Crippen molar-refractivity contribution in [3.63, 3.8) is 0 Å². The fourth-order valence-corrected chi connectivity index (χ4v) is 4.70. The maximum atomic E-state index is 13.7. The standard InChI is InChI=1S/C19H20F2N2O3S/c1-13-4-3-11-23(12-13)27(25,26)15-9-7-14(8-10-15)22-19(24)16-5-2-6-17(20)18(16)21/h2,5-10,13H,3-4,11-12H2,1H3,(H,22,24). The van der Waals surface area contributed by atoms with Gasteiger partial charge in [-0.05, 0) is 55.2 Å². The molecule has 0 spiro atoms. The van der Waals surface area contributed by atoms with Crippen LogP contribution in [0.1, 0.15) is 30.1 Å². The largest absolute Gasteiger partial charge is 0.322 e. The molecule has 1 atom stereocenters. The van der Waals surface area contributed by atoms with Crippen LogP contribution >= 0.6 is 0 Å². The molecule has 8 heteroatoms. The Morgan fingerprint density at radius 1 is 1.15 bits per heavy atom. The van der Waals surface area contributed by atoms with Crippen molar-refractivity contribution in [1.82, 2.24) is 4.31 Å². The lowest BCUT2D eigenvalue weighted by molar-refractivity contribution is 0.102. The smallest absolute Gasteiger partial charge is 0.258 e. The summed E-state index contributed by atoms with van der Waals surface area (Å²) < 4.78 is 53.8. The quantitative estimate of drug-likeness (QED) is 0.861. The zero-order valence-electron chi connectivity index (χ0n) is 14.8. The van der Waals surface area contributed by atoms with Crippen LogP contribution in [0.15, 0.2) is 47.4 Å². The van der Waals surface area contributed by atoms with Crippen molar-refractivity contribution >= 4 is 21.6 Å². The highest BCUT2D eigenvalue weighted by Gasteiger charge is 2.28. The number of hydrogen-bond donors (Lipinski definition) is 1. The summed E-state index contributed by atoms with van der Waals surface area (Å²) in [5, 5.41) is 2.44. The first-order valence-corrected chi connectivity index (χ1v) is 10.1. The van der Waals surface area contributed by atoms with Crippen molar-refractivity contribution < 1.29 is 22.0 Å². The summed E-state index contributed by atoms with van der Waals surface area (Å²) in [6.45, 7) is 3.00. The molecule has 1 aliphatic heterocycles. The van der Waals surface area contributed by atoms with Crippen LogP contribution in [0.5, 0.6) is 0 Å². The van der Waals surface area contributed by atoms with Gasteiger partial charge in [0.05, 0.1) is 10.5 Å². The Bertz CT molecular complexity index is 946. The van der Waals surface area contributed by atoms with E-state index in [0.29, 0.717) is 19.0 Å². The van der Waals surface area contributed by atoms with Crippen LogP contribution in [0.4, 0.5) is 14.5 Å². The molecule has 144 valence electrons. The number of nitrogens with one attached hydrogen (secondary N) is 1. The van der Waals surface area contributed by atoms with Crippen LogP contribution in [-0.4, -0.2) is 31.7 Å². The van der Waals surface area contributed by atoms with Crippen LogP contribution in [0, 0.1) is 17.6 Å². The van der Waals surface area contributed by atoms with Gasteiger partial charge in [-0.3, -0.25) is 4.79 Å². The molecule has 0 bridgehead atoms. The highest BCUT2D eigenvalue weighted by atomic mass is 32.2. The van der Waals surface area contributed by atoms with Crippen LogP contribution in [-0.2, 0) is 10.0 Å². The zero-order valence-corrected chi connectivity index (χ0v) is 15.6. The summed E-state index contributed by atoms with van der Waals surface area (Å²) in [5.41, 5.74) is -0.136. The van der Waals surface area contributed by atoms with Gasteiger partial charge < -0.3 is 5.32 Å². The number of nitrogens with zero attached hydrogens (tertiary/aromatic N) is 1. The molecule has 2 aromatic carbocycles. The van der Waals surface area contributed by atoms with Gasteiger partial charge in [-0.15, -0.1) is 0 Å². The van der Waals surface area contributed by atoms with Gasteiger partial charge in [0.2, 0.25) is 10.0 Å². The monoisotopic (exact) mass is 394 g/mol. The van der Waals surface area contributed by atoms with Crippen LogP contribution in [0.3, 0.4) is 0 Å². The first-order chi connectivity index (χ1) is 12.8. The fraction of sp³-hybridized carbons (Fsp3) is 0.316. The maximum absolute atomic E-state index is 13.7. The molecule has 0 aliphatic carbocycles. The van der Waals surface area contributed by atoms with E-state index in [-0.39, 0.29) is 10.6 Å². The number of piperidine rings is 1. The Morgan fingerprint density at radius 2 is 1.85 bits per heavy atom. The first kappa shape index (κ1) is 19.4. The third-order valence-corrected chi connectivity index (χ3v) is 6.45.